The summed E-state index contributed by atoms with van der Waals surface area (Å²) in [6, 6.07) is 6.56. The van der Waals surface area contributed by atoms with Crippen molar-refractivity contribution in [2.24, 2.45) is 0 Å². The normalized spacial score (nSPS) is 17.7. The van der Waals surface area contributed by atoms with E-state index < -0.39 is 10.0 Å². The third-order valence-corrected chi connectivity index (χ3v) is 5.32. The largest absolute Gasteiger partial charge is 0.343 e. The molecule has 0 radical (unpaired) electrons. The molecule has 0 bridgehead atoms. The summed E-state index contributed by atoms with van der Waals surface area (Å²) in [6.07, 6.45) is 0.754. The molecule has 1 amide bonds. The lowest BCUT2D eigenvalue weighted by Crippen LogP contribution is -2.47. The zero-order chi connectivity index (χ0) is 13.2. The Morgan fingerprint density at radius 2 is 1.61 bits per heavy atom. The molecule has 1 aromatic carbocycles. The van der Waals surface area contributed by atoms with Crippen LogP contribution in [0.3, 0.4) is 0 Å². The summed E-state index contributed by atoms with van der Waals surface area (Å²) in [5, 5.41) is 0. The van der Waals surface area contributed by atoms with E-state index in [1.807, 2.05) is 0 Å². The molecule has 1 aromatic rings. The van der Waals surface area contributed by atoms with E-state index in [1.54, 1.807) is 29.2 Å². The number of hydrogen-bond donors (Lipinski definition) is 0. The maximum absolute atomic E-state index is 12.3. The second-order valence-corrected chi connectivity index (χ2v) is 6.85. The molecule has 1 fully saturated rings. The van der Waals surface area contributed by atoms with Gasteiger partial charge in [0.25, 0.3) is 0 Å². The molecule has 18 heavy (non-hydrogen) atoms. The first-order valence-electron chi connectivity index (χ1n) is 5.49. The molecule has 0 atom stereocenters. The first-order valence-corrected chi connectivity index (χ1v) is 7.72. The Morgan fingerprint density at radius 1 is 1.06 bits per heavy atom. The summed E-state index contributed by atoms with van der Waals surface area (Å²) >= 11 is 3.27. The molecule has 7 heteroatoms. The van der Waals surface area contributed by atoms with Crippen LogP contribution in [-0.2, 0) is 14.8 Å². The smallest absolute Gasteiger partial charge is 0.243 e. The fraction of sp³-hybridized carbons (Fsp3) is 0.364. The fourth-order valence-electron chi connectivity index (χ4n) is 1.80. The number of rotatable bonds is 3. The predicted molar refractivity (Wildman–Crippen MR) is 70.5 cm³/mol. The van der Waals surface area contributed by atoms with Crippen LogP contribution in [0.25, 0.3) is 0 Å². The summed E-state index contributed by atoms with van der Waals surface area (Å²) in [5.41, 5.74) is 0. The number of nitrogens with zero attached hydrogens (tertiary/aromatic N) is 2. The van der Waals surface area contributed by atoms with Gasteiger partial charge in [-0.3, -0.25) is 4.79 Å². The average Bonchev–Trinajstić information content (AvgIpc) is 2.39. The minimum atomic E-state index is -3.44. The number of carbonyl (C=O) groups excluding carboxylic acids is 1. The summed E-state index contributed by atoms with van der Waals surface area (Å²) in [4.78, 5) is 12.4. The molecule has 1 heterocycles. The Hall–Kier alpha value is -0.920. The average molecular weight is 333 g/mol. The summed E-state index contributed by atoms with van der Waals surface area (Å²) in [6.45, 7) is 1.58. The Bertz CT molecular complexity index is 522. The van der Waals surface area contributed by atoms with Crippen LogP contribution in [-0.4, -0.2) is 50.2 Å². The lowest BCUT2D eigenvalue weighted by molar-refractivity contribution is -0.119. The highest BCUT2D eigenvalue weighted by Gasteiger charge is 2.27. The van der Waals surface area contributed by atoms with Crippen molar-refractivity contribution in [3.05, 3.63) is 28.7 Å². The van der Waals surface area contributed by atoms with Crippen LogP contribution in [0.1, 0.15) is 0 Å². The van der Waals surface area contributed by atoms with Gasteiger partial charge in [0.05, 0.1) is 4.90 Å². The molecule has 1 saturated heterocycles. The van der Waals surface area contributed by atoms with E-state index in [-0.39, 0.29) is 4.90 Å². The topological polar surface area (TPSA) is 57.7 Å². The van der Waals surface area contributed by atoms with Gasteiger partial charge in [0.15, 0.2) is 0 Å². The van der Waals surface area contributed by atoms with E-state index >= 15 is 0 Å². The summed E-state index contributed by atoms with van der Waals surface area (Å²) in [7, 11) is -3.44. The molecule has 5 nitrogen and oxygen atoms in total. The highest BCUT2D eigenvalue weighted by atomic mass is 79.9. The molecular formula is C11H13BrN2O3S. The van der Waals surface area contributed by atoms with Gasteiger partial charge in [-0.2, -0.15) is 4.31 Å². The number of benzene rings is 1. The van der Waals surface area contributed by atoms with Gasteiger partial charge in [0.1, 0.15) is 0 Å². The molecule has 0 spiro atoms. The number of amides is 1. The number of carbonyl (C=O) groups is 1. The van der Waals surface area contributed by atoms with E-state index in [4.69, 9.17) is 0 Å². The maximum atomic E-state index is 12.3. The molecule has 1 aliphatic heterocycles. The first-order chi connectivity index (χ1) is 8.54. The van der Waals surface area contributed by atoms with Crippen LogP contribution in [0.4, 0.5) is 0 Å². The highest BCUT2D eigenvalue weighted by Crippen LogP contribution is 2.19. The lowest BCUT2D eigenvalue weighted by Gasteiger charge is -2.31. The van der Waals surface area contributed by atoms with E-state index in [0.717, 1.165) is 10.9 Å². The molecule has 0 aromatic heterocycles. The van der Waals surface area contributed by atoms with E-state index in [1.165, 1.54) is 4.31 Å². The first kappa shape index (κ1) is 13.5. The van der Waals surface area contributed by atoms with Gasteiger partial charge in [0, 0.05) is 30.7 Å². The van der Waals surface area contributed by atoms with Gasteiger partial charge in [-0.05, 0) is 24.3 Å². The fourth-order valence-corrected chi connectivity index (χ4v) is 3.49. The molecule has 2 rings (SSSR count). The molecule has 98 valence electrons. The van der Waals surface area contributed by atoms with Gasteiger partial charge in [-0.1, -0.05) is 15.9 Å². The monoisotopic (exact) mass is 332 g/mol. The van der Waals surface area contributed by atoms with E-state index in [0.29, 0.717) is 26.2 Å². The Morgan fingerprint density at radius 3 is 2.11 bits per heavy atom. The maximum Gasteiger partial charge on any atom is 0.243 e. The van der Waals surface area contributed by atoms with Crippen molar-refractivity contribution in [2.45, 2.75) is 4.90 Å². The van der Waals surface area contributed by atoms with Crippen LogP contribution >= 0.6 is 15.9 Å². The van der Waals surface area contributed by atoms with Crippen molar-refractivity contribution < 1.29 is 13.2 Å². The minimum Gasteiger partial charge on any atom is -0.343 e. The zero-order valence-electron chi connectivity index (χ0n) is 9.62. The van der Waals surface area contributed by atoms with Crippen molar-refractivity contribution in [3.63, 3.8) is 0 Å². The zero-order valence-corrected chi connectivity index (χ0v) is 12.0. The van der Waals surface area contributed by atoms with E-state index in [9.17, 15) is 13.2 Å². The quantitative estimate of drug-likeness (QED) is 0.773. The number of piperazine rings is 1. The van der Waals surface area contributed by atoms with E-state index in [2.05, 4.69) is 15.9 Å². The number of hydrogen-bond acceptors (Lipinski definition) is 3. The van der Waals surface area contributed by atoms with Crippen molar-refractivity contribution in [2.75, 3.05) is 26.2 Å². The predicted octanol–water partition coefficient (Wildman–Crippen LogP) is 0.912. The van der Waals surface area contributed by atoms with Gasteiger partial charge in [0.2, 0.25) is 16.4 Å². The van der Waals surface area contributed by atoms with Crippen molar-refractivity contribution in [1.29, 1.82) is 0 Å². The Labute approximate surface area is 115 Å². The minimum absolute atomic E-state index is 0.283. The SMILES string of the molecule is O=CN1CCN(S(=O)(=O)c2ccc(Br)cc2)CC1. The third-order valence-electron chi connectivity index (χ3n) is 2.87. The second-order valence-electron chi connectivity index (χ2n) is 4.00. The highest BCUT2D eigenvalue weighted by molar-refractivity contribution is 9.10. The van der Waals surface area contributed by atoms with Crippen LogP contribution < -0.4 is 0 Å². The van der Waals surface area contributed by atoms with Crippen molar-refractivity contribution in [3.8, 4) is 0 Å². The molecular weight excluding hydrogens is 320 g/mol. The molecule has 0 aliphatic carbocycles. The Balaban J connectivity index is 2.17. The van der Waals surface area contributed by atoms with Crippen LogP contribution in [0.2, 0.25) is 0 Å². The standard InChI is InChI=1S/C11H13BrN2O3S/c12-10-1-3-11(4-2-10)18(16,17)14-7-5-13(9-15)6-8-14/h1-4,9H,5-8H2. The third kappa shape index (κ3) is 2.73. The van der Waals surface area contributed by atoms with Crippen molar-refractivity contribution in [1.82, 2.24) is 9.21 Å². The second kappa shape index (κ2) is 5.38. The summed E-state index contributed by atoms with van der Waals surface area (Å²) in [5.74, 6) is 0. The van der Waals surface area contributed by atoms with Crippen LogP contribution in [0, 0.1) is 0 Å². The molecule has 0 N–H and O–H groups in total. The number of halogens is 1. The summed E-state index contributed by atoms with van der Waals surface area (Å²) < 4.78 is 26.8. The van der Waals surface area contributed by atoms with Crippen LogP contribution in [0.15, 0.2) is 33.6 Å². The molecule has 0 unspecified atom stereocenters. The molecule has 0 saturated carbocycles. The van der Waals surface area contributed by atoms with Crippen molar-refractivity contribution >= 4 is 32.4 Å². The Kier molecular flexibility index (Phi) is 4.04. The molecule has 1 aliphatic rings. The van der Waals surface area contributed by atoms with Crippen LogP contribution in [0.5, 0.6) is 0 Å². The van der Waals surface area contributed by atoms with Gasteiger partial charge in [-0.15, -0.1) is 0 Å². The van der Waals surface area contributed by atoms with Gasteiger partial charge >= 0.3 is 0 Å². The van der Waals surface area contributed by atoms with Gasteiger partial charge in [-0.25, -0.2) is 8.42 Å². The number of sulfonamides is 1. The lowest BCUT2D eigenvalue weighted by atomic mass is 10.4. The van der Waals surface area contributed by atoms with Gasteiger partial charge < -0.3 is 4.90 Å².